The van der Waals surface area contributed by atoms with Crippen LogP contribution >= 0.6 is 0 Å². The van der Waals surface area contributed by atoms with Crippen LogP contribution in [-0.4, -0.2) is 43.6 Å². The van der Waals surface area contributed by atoms with E-state index in [2.05, 4.69) is 228 Å². The van der Waals surface area contributed by atoms with Gasteiger partial charge in [-0.05, 0) is 102 Å². The van der Waals surface area contributed by atoms with Crippen molar-refractivity contribution in [1.82, 2.24) is 43.6 Å². The van der Waals surface area contributed by atoms with Crippen LogP contribution < -0.4 is 14.2 Å². The molecule has 9 aromatic carbocycles. The van der Waals surface area contributed by atoms with E-state index in [0.29, 0.717) is 58.6 Å². The molecular formula is C94H89Ir3N9O3-6. The normalized spacial score (nSPS) is 10.3. The van der Waals surface area contributed by atoms with Gasteiger partial charge in [-0.15, -0.1) is 144 Å². The van der Waals surface area contributed by atoms with E-state index in [-0.39, 0.29) is 60.3 Å². The van der Waals surface area contributed by atoms with Crippen LogP contribution in [0.2, 0.25) is 0 Å². The monoisotopic (exact) mass is 1970 g/mol. The smallest absolute Gasteiger partial charge is 0.216 e. The molecule has 15 aromatic rings. The van der Waals surface area contributed by atoms with Gasteiger partial charge in [0.15, 0.2) is 0 Å². The van der Waals surface area contributed by atoms with E-state index in [1.165, 1.54) is 50.4 Å². The van der Waals surface area contributed by atoms with Gasteiger partial charge in [-0.2, -0.15) is 54.6 Å². The number of benzene rings is 9. The number of aromatic nitrogens is 9. The Morgan fingerprint density at radius 2 is 0.596 bits per heavy atom. The first kappa shape index (κ1) is 85.7. The Balaban J connectivity index is 0.000000184. The average molecular weight is 1970 g/mol. The van der Waals surface area contributed by atoms with Gasteiger partial charge in [0.25, 0.3) is 0 Å². The fourth-order valence-electron chi connectivity index (χ4n) is 11.7. The molecule has 0 amide bonds. The average Bonchev–Trinajstić information content (AvgIpc) is 1.75. The maximum Gasteiger partial charge on any atom is 0.216 e. The number of imidazole rings is 3. The summed E-state index contributed by atoms with van der Waals surface area (Å²) in [6, 6.07) is 101. The van der Waals surface area contributed by atoms with Crippen molar-refractivity contribution in [2.75, 3.05) is 0 Å². The fraction of sp³-hybridized carbons (Fsp3) is 0.170. The predicted octanol–water partition coefficient (Wildman–Crippen LogP) is 23.3. The Morgan fingerprint density at radius 3 is 0.890 bits per heavy atom. The minimum Gasteiger partial charge on any atom is -0.466 e. The molecule has 0 aliphatic carbocycles. The first-order valence-electron chi connectivity index (χ1n) is 35.8. The van der Waals surface area contributed by atoms with Gasteiger partial charge in [-0.3, -0.25) is 15.0 Å². The molecule has 3 radical (unpaired) electrons. The van der Waals surface area contributed by atoms with Crippen LogP contribution in [0.4, 0.5) is 0 Å². The van der Waals surface area contributed by atoms with Crippen molar-refractivity contribution in [3.63, 3.8) is 0 Å². The van der Waals surface area contributed by atoms with Crippen molar-refractivity contribution in [3.05, 3.63) is 380 Å². The SMILES string of the molecule is CC(C)Cc1cccc(CC(C)C)c1-n1ccnc1-c1[c-]cccc1.CC(C)c1cccc(C(C)C)c1-n1ccnc1-c1[c-]cccc1.Cc1cccc(C)c1-n1ccnc1-c1[c-]cccc1.[Ir].[Ir].[Ir].[c-]1ccccc1Oc1ccccn1.[c-]1ccccc1Oc1ccccn1.[c-]1ccccc1Oc1ccccn1. The summed E-state index contributed by atoms with van der Waals surface area (Å²) >= 11 is 0. The topological polar surface area (TPSA) is 120 Å². The number of aryl methyl sites for hydroxylation is 2. The van der Waals surface area contributed by atoms with Crippen molar-refractivity contribution < 1.29 is 74.5 Å². The van der Waals surface area contributed by atoms with Crippen molar-refractivity contribution >= 4 is 0 Å². The van der Waals surface area contributed by atoms with E-state index < -0.39 is 0 Å². The maximum absolute atomic E-state index is 5.41. The van der Waals surface area contributed by atoms with Crippen LogP contribution in [0.15, 0.2) is 311 Å². The molecule has 0 spiro atoms. The summed E-state index contributed by atoms with van der Waals surface area (Å²) in [4.78, 5) is 25.8. The third kappa shape index (κ3) is 25.8. The molecule has 0 fully saturated rings. The number of ether oxygens (including phenoxy) is 3. The van der Waals surface area contributed by atoms with E-state index in [0.717, 1.165) is 47.0 Å². The summed E-state index contributed by atoms with van der Waals surface area (Å²) in [5, 5.41) is 0. The third-order valence-corrected chi connectivity index (χ3v) is 16.3. The van der Waals surface area contributed by atoms with Crippen LogP contribution in [0.1, 0.15) is 101 Å². The van der Waals surface area contributed by atoms with E-state index in [1.807, 2.05) is 176 Å². The predicted molar refractivity (Wildman–Crippen MR) is 427 cm³/mol. The zero-order valence-corrected chi connectivity index (χ0v) is 70.1. The van der Waals surface area contributed by atoms with Gasteiger partial charge >= 0.3 is 0 Å². The second-order valence-corrected chi connectivity index (χ2v) is 26.1. The molecular weight excluding hydrogens is 1880 g/mol. The van der Waals surface area contributed by atoms with E-state index in [1.54, 1.807) is 55.0 Å². The zero-order valence-electron chi connectivity index (χ0n) is 62.9. The summed E-state index contributed by atoms with van der Waals surface area (Å²) in [5.74, 6) is 8.79. The summed E-state index contributed by atoms with van der Waals surface area (Å²) < 4.78 is 22.8. The minimum absolute atomic E-state index is 0. The van der Waals surface area contributed by atoms with Gasteiger partial charge in [0.2, 0.25) is 17.6 Å². The number of hydrogen-bond donors (Lipinski definition) is 0. The van der Waals surface area contributed by atoms with E-state index in [9.17, 15) is 0 Å². The Morgan fingerprint density at radius 1 is 0.294 bits per heavy atom. The molecule has 561 valence electrons. The number of nitrogens with zero attached hydrogens (tertiary/aromatic N) is 9. The molecule has 6 heterocycles. The summed E-state index contributed by atoms with van der Waals surface area (Å²) in [7, 11) is 0. The van der Waals surface area contributed by atoms with Crippen LogP contribution in [-0.2, 0) is 73.2 Å². The molecule has 0 saturated heterocycles. The fourth-order valence-corrected chi connectivity index (χ4v) is 11.7. The van der Waals surface area contributed by atoms with Crippen LogP contribution in [0, 0.1) is 62.1 Å². The van der Waals surface area contributed by atoms with Gasteiger partial charge in [-0.25, -0.2) is 15.0 Å². The van der Waals surface area contributed by atoms with Gasteiger partial charge in [0.05, 0.1) is 17.5 Å². The summed E-state index contributed by atoms with van der Waals surface area (Å²) in [6.45, 7) is 22.3. The van der Waals surface area contributed by atoms with Crippen molar-refractivity contribution in [1.29, 1.82) is 0 Å². The maximum atomic E-state index is 5.41. The summed E-state index contributed by atoms with van der Waals surface area (Å²) in [6.07, 6.45) is 19.0. The Labute approximate surface area is 684 Å². The summed E-state index contributed by atoms with van der Waals surface area (Å²) in [5.41, 5.74) is 14.8. The van der Waals surface area contributed by atoms with Gasteiger partial charge < -0.3 is 27.9 Å². The van der Waals surface area contributed by atoms with Crippen molar-refractivity contribution in [2.45, 2.75) is 93.9 Å². The quantitative estimate of drug-likeness (QED) is 0.0774. The standard InChI is InChI=1S/C23H27N2.C21H23N2.C17H15N2.3C11H8NO.3Ir/c1-17(2)15-20-11-8-12-21(16-18(3)4)22(20)25-14-13-24-23(25)19-9-6-5-7-10-19;1-15(2)18-11-8-12-19(16(3)4)20(18)23-14-13-22-21(23)17-9-6-5-7-10-17;1-13-7-6-8-14(2)16(13)19-12-11-18-17(19)15-9-4-3-5-10-15;3*1-2-6-10(7-3-1)13-11-8-4-5-9-12-11;;;/h5-9,11-14,17-18H,15-16H2,1-4H3;5-9,11-16H,1-4H3;3-9,11-12H,1-2H3;3*1-6,8-9H;;;/q6*-1;;;. The molecule has 0 aliphatic rings. The molecule has 6 aromatic heterocycles. The Bertz CT molecular complexity index is 4630. The van der Waals surface area contributed by atoms with Gasteiger partial charge in [-0.1, -0.05) is 128 Å². The van der Waals surface area contributed by atoms with Crippen LogP contribution in [0.3, 0.4) is 0 Å². The van der Waals surface area contributed by atoms with Crippen molar-refractivity contribution in [3.8, 4) is 86.1 Å². The Hall–Kier alpha value is -10.6. The molecule has 0 saturated carbocycles. The molecule has 0 N–H and O–H groups in total. The van der Waals surface area contributed by atoms with Crippen molar-refractivity contribution in [2.24, 2.45) is 11.8 Å². The van der Waals surface area contributed by atoms with E-state index in [4.69, 9.17) is 14.2 Å². The first-order chi connectivity index (χ1) is 51.8. The molecule has 0 aliphatic heterocycles. The first-order valence-corrected chi connectivity index (χ1v) is 35.8. The largest absolute Gasteiger partial charge is 0.466 e. The number of pyridine rings is 3. The third-order valence-electron chi connectivity index (χ3n) is 16.3. The minimum atomic E-state index is 0. The number of hydrogen-bond acceptors (Lipinski definition) is 9. The molecule has 0 atom stereocenters. The number of rotatable bonds is 18. The second kappa shape index (κ2) is 45.3. The van der Waals surface area contributed by atoms with Crippen LogP contribution in [0.25, 0.3) is 51.2 Å². The number of para-hydroxylation sites is 6. The van der Waals surface area contributed by atoms with E-state index >= 15 is 0 Å². The zero-order chi connectivity index (χ0) is 74.2. The molecule has 15 rings (SSSR count). The van der Waals surface area contributed by atoms with Gasteiger partial charge in [0, 0.05) is 169 Å². The molecule has 15 heteroatoms. The molecule has 109 heavy (non-hydrogen) atoms. The molecule has 12 nitrogen and oxygen atoms in total. The molecule has 0 bridgehead atoms. The Kier molecular flexibility index (Phi) is 35.6. The van der Waals surface area contributed by atoms with Gasteiger partial charge in [0.1, 0.15) is 0 Å². The second-order valence-electron chi connectivity index (χ2n) is 26.1. The molecule has 0 unspecified atom stereocenters. The van der Waals surface area contributed by atoms with Crippen LogP contribution in [0.5, 0.6) is 34.9 Å².